The minimum absolute atomic E-state index is 0. The van der Waals surface area contributed by atoms with Gasteiger partial charge in [0.05, 0.1) is 38.9 Å². The molecule has 1 aromatic heterocycles. The van der Waals surface area contributed by atoms with Gasteiger partial charge in [0.1, 0.15) is 0 Å². The number of aryl methyl sites for hydroxylation is 2. The largest absolute Gasteiger partial charge is 0.379 e. The number of thiazole rings is 1. The number of rotatable bonds is 7. The predicted molar refractivity (Wildman–Crippen MR) is 138 cm³/mol. The molecule has 0 radical (unpaired) electrons. The molecule has 4 rings (SSSR count). The standard InChI is InChI=1S/C23H25ClN4O4S.ClH/c1-15-12-20-21(13-16(15)2)33-23(25-20)27(7-3-6-26-8-10-32-11-9-26)22(29)18-14-17(28(30)31)4-5-19(18)24;/h4-5,12-14H,3,6-11H2,1-2H3;1H. The van der Waals surface area contributed by atoms with Crippen LogP contribution in [0.15, 0.2) is 30.3 Å². The summed E-state index contributed by atoms with van der Waals surface area (Å²) in [7, 11) is 0. The Morgan fingerprint density at radius 2 is 1.94 bits per heavy atom. The number of carbonyl (C=O) groups excluding carboxylic acids is 1. The number of halogens is 2. The smallest absolute Gasteiger partial charge is 0.270 e. The van der Waals surface area contributed by atoms with E-state index in [-0.39, 0.29) is 28.7 Å². The molecule has 0 bridgehead atoms. The van der Waals surface area contributed by atoms with Gasteiger partial charge in [0.25, 0.3) is 11.6 Å². The molecule has 0 atom stereocenters. The first-order chi connectivity index (χ1) is 15.8. The van der Waals surface area contributed by atoms with Crippen LogP contribution in [0.4, 0.5) is 10.8 Å². The van der Waals surface area contributed by atoms with Crippen LogP contribution in [0.1, 0.15) is 27.9 Å². The number of nitro benzene ring substituents is 1. The van der Waals surface area contributed by atoms with Crippen molar-refractivity contribution in [2.24, 2.45) is 0 Å². The molecular formula is C23H26Cl2N4O4S. The van der Waals surface area contributed by atoms with Crippen molar-refractivity contribution in [3.05, 3.63) is 62.2 Å². The number of nitrogens with zero attached hydrogens (tertiary/aromatic N) is 4. The number of amides is 1. The van der Waals surface area contributed by atoms with Gasteiger partial charge in [-0.3, -0.25) is 24.7 Å². The maximum atomic E-state index is 13.6. The summed E-state index contributed by atoms with van der Waals surface area (Å²) >= 11 is 7.73. The van der Waals surface area contributed by atoms with E-state index in [1.165, 1.54) is 29.5 Å². The summed E-state index contributed by atoms with van der Waals surface area (Å²) in [5.74, 6) is -0.391. The van der Waals surface area contributed by atoms with Crippen LogP contribution >= 0.6 is 35.3 Å². The SMILES string of the molecule is Cc1cc2nc(N(CCCN3CCOCC3)C(=O)c3cc([N+](=O)[O-])ccc3Cl)sc2cc1C.Cl. The van der Waals surface area contributed by atoms with Gasteiger partial charge < -0.3 is 4.74 Å². The summed E-state index contributed by atoms with van der Waals surface area (Å²) in [6.45, 7) is 8.47. The molecule has 0 spiro atoms. The van der Waals surface area contributed by atoms with Gasteiger partial charge in [0.15, 0.2) is 5.13 Å². The Morgan fingerprint density at radius 3 is 2.65 bits per heavy atom. The lowest BCUT2D eigenvalue weighted by Gasteiger charge is -2.27. The highest BCUT2D eigenvalue weighted by Gasteiger charge is 2.25. The summed E-state index contributed by atoms with van der Waals surface area (Å²) in [5, 5.41) is 12.0. The second-order valence-electron chi connectivity index (χ2n) is 8.09. The van der Waals surface area contributed by atoms with Crippen LogP contribution in [0.5, 0.6) is 0 Å². The van der Waals surface area contributed by atoms with Gasteiger partial charge in [-0.05, 0) is 49.6 Å². The van der Waals surface area contributed by atoms with Crippen molar-refractivity contribution >= 4 is 62.3 Å². The summed E-state index contributed by atoms with van der Waals surface area (Å²) in [6, 6.07) is 8.01. The summed E-state index contributed by atoms with van der Waals surface area (Å²) in [5.41, 5.74) is 3.04. The lowest BCUT2D eigenvalue weighted by Crippen LogP contribution is -2.39. The van der Waals surface area contributed by atoms with Crippen LogP contribution in [0.25, 0.3) is 10.2 Å². The first-order valence-electron chi connectivity index (χ1n) is 10.8. The molecule has 1 aliphatic rings. The van der Waals surface area contributed by atoms with Gasteiger partial charge in [-0.2, -0.15) is 0 Å². The third kappa shape index (κ3) is 5.84. The maximum Gasteiger partial charge on any atom is 0.270 e. The monoisotopic (exact) mass is 524 g/mol. The number of hydrogen-bond donors (Lipinski definition) is 0. The third-order valence-electron chi connectivity index (χ3n) is 5.82. The number of nitro groups is 1. The van der Waals surface area contributed by atoms with Gasteiger partial charge in [0.2, 0.25) is 0 Å². The van der Waals surface area contributed by atoms with Crippen LogP contribution in [0, 0.1) is 24.0 Å². The Morgan fingerprint density at radius 1 is 1.24 bits per heavy atom. The number of aromatic nitrogens is 1. The lowest BCUT2D eigenvalue weighted by molar-refractivity contribution is -0.384. The number of carbonyl (C=O) groups is 1. The summed E-state index contributed by atoms with van der Waals surface area (Å²) in [6.07, 6.45) is 0.728. The van der Waals surface area contributed by atoms with Crippen molar-refractivity contribution in [1.29, 1.82) is 0 Å². The van der Waals surface area contributed by atoms with Crippen molar-refractivity contribution in [3.63, 3.8) is 0 Å². The van der Waals surface area contributed by atoms with E-state index < -0.39 is 10.8 Å². The van der Waals surface area contributed by atoms with E-state index in [1.54, 1.807) is 4.90 Å². The average Bonchev–Trinajstić information content (AvgIpc) is 3.19. The Hall–Kier alpha value is -2.30. The van der Waals surface area contributed by atoms with Gasteiger partial charge in [0, 0.05) is 38.3 Å². The highest BCUT2D eigenvalue weighted by molar-refractivity contribution is 7.22. The molecule has 0 unspecified atom stereocenters. The first kappa shape index (κ1) is 26.3. The molecule has 0 saturated carbocycles. The van der Waals surface area contributed by atoms with E-state index in [0.29, 0.717) is 24.9 Å². The molecule has 2 heterocycles. The average molecular weight is 525 g/mol. The molecule has 1 fully saturated rings. The van der Waals surface area contributed by atoms with E-state index in [2.05, 4.69) is 11.0 Å². The maximum absolute atomic E-state index is 13.6. The minimum atomic E-state index is -0.529. The fourth-order valence-electron chi connectivity index (χ4n) is 3.78. The second-order valence-corrected chi connectivity index (χ2v) is 9.50. The molecule has 11 heteroatoms. The number of non-ortho nitro benzene ring substituents is 1. The van der Waals surface area contributed by atoms with Gasteiger partial charge in [-0.25, -0.2) is 4.98 Å². The van der Waals surface area contributed by atoms with Gasteiger partial charge in [-0.15, -0.1) is 12.4 Å². The van der Waals surface area contributed by atoms with E-state index in [9.17, 15) is 14.9 Å². The molecule has 0 N–H and O–H groups in total. The molecule has 8 nitrogen and oxygen atoms in total. The summed E-state index contributed by atoms with van der Waals surface area (Å²) in [4.78, 5) is 33.0. The van der Waals surface area contributed by atoms with E-state index in [0.717, 1.165) is 47.4 Å². The Kier molecular flexibility index (Phi) is 8.83. The number of hydrogen-bond acceptors (Lipinski definition) is 7. The number of benzene rings is 2. The highest BCUT2D eigenvalue weighted by Crippen LogP contribution is 2.33. The molecule has 3 aromatic rings. The van der Waals surface area contributed by atoms with Gasteiger partial charge in [-0.1, -0.05) is 22.9 Å². The first-order valence-corrected chi connectivity index (χ1v) is 12.0. The summed E-state index contributed by atoms with van der Waals surface area (Å²) < 4.78 is 6.39. The zero-order valence-corrected chi connectivity index (χ0v) is 21.3. The second kappa shape index (κ2) is 11.4. The topological polar surface area (TPSA) is 88.8 Å². The molecule has 0 aliphatic carbocycles. The zero-order valence-electron chi connectivity index (χ0n) is 19.0. The van der Waals surface area contributed by atoms with Crippen molar-refractivity contribution in [3.8, 4) is 0 Å². The van der Waals surface area contributed by atoms with E-state index in [1.807, 2.05) is 19.9 Å². The van der Waals surface area contributed by atoms with E-state index >= 15 is 0 Å². The fourth-order valence-corrected chi connectivity index (χ4v) is 5.05. The Bertz CT molecular complexity index is 1160. The molecule has 34 heavy (non-hydrogen) atoms. The van der Waals surface area contributed by atoms with Crippen LogP contribution in [-0.4, -0.2) is 60.1 Å². The predicted octanol–water partition coefficient (Wildman–Crippen LogP) is 5.27. The quantitative estimate of drug-likeness (QED) is 0.309. The normalized spacial score (nSPS) is 14.1. The minimum Gasteiger partial charge on any atom is -0.379 e. The fraction of sp³-hybridized carbons (Fsp3) is 0.391. The van der Waals surface area contributed by atoms with Crippen LogP contribution in [-0.2, 0) is 4.74 Å². The molecule has 1 amide bonds. The number of anilines is 1. The van der Waals surface area contributed by atoms with Crippen molar-refractivity contribution < 1.29 is 14.5 Å². The van der Waals surface area contributed by atoms with Crippen LogP contribution in [0.2, 0.25) is 5.02 Å². The number of morpholine rings is 1. The van der Waals surface area contributed by atoms with Crippen LogP contribution < -0.4 is 4.90 Å². The number of ether oxygens (including phenoxy) is 1. The van der Waals surface area contributed by atoms with Crippen LogP contribution in [0.3, 0.4) is 0 Å². The molecule has 182 valence electrons. The van der Waals surface area contributed by atoms with E-state index in [4.69, 9.17) is 21.3 Å². The molecular weight excluding hydrogens is 499 g/mol. The van der Waals surface area contributed by atoms with Crippen molar-refractivity contribution in [1.82, 2.24) is 9.88 Å². The van der Waals surface area contributed by atoms with Crippen molar-refractivity contribution in [2.75, 3.05) is 44.3 Å². The Labute approximate surface area is 213 Å². The molecule has 1 saturated heterocycles. The Balaban J connectivity index is 0.00000324. The lowest BCUT2D eigenvalue weighted by atomic mass is 10.1. The third-order valence-corrected chi connectivity index (χ3v) is 7.19. The van der Waals surface area contributed by atoms with Gasteiger partial charge >= 0.3 is 0 Å². The molecule has 1 aliphatic heterocycles. The van der Waals surface area contributed by atoms with Crippen molar-refractivity contribution in [2.45, 2.75) is 20.3 Å². The highest BCUT2D eigenvalue weighted by atomic mass is 35.5. The number of fused-ring (bicyclic) bond motifs is 1. The molecule has 2 aromatic carbocycles. The zero-order chi connectivity index (χ0) is 23.5.